The van der Waals surface area contributed by atoms with Crippen LogP contribution >= 0.6 is 0 Å². The van der Waals surface area contributed by atoms with Gasteiger partial charge in [0, 0.05) is 35.3 Å². The van der Waals surface area contributed by atoms with Gasteiger partial charge in [0.1, 0.15) is 12.0 Å². The number of benzene rings is 2. The minimum atomic E-state index is 0.549. The van der Waals surface area contributed by atoms with Gasteiger partial charge in [0.25, 0.3) is 0 Å². The van der Waals surface area contributed by atoms with E-state index >= 15 is 0 Å². The highest BCUT2D eigenvalue weighted by Gasteiger charge is 2.19. The fourth-order valence-electron chi connectivity index (χ4n) is 3.32. The molecule has 0 fully saturated rings. The molecule has 0 aliphatic carbocycles. The molecule has 4 rings (SSSR count). The predicted octanol–water partition coefficient (Wildman–Crippen LogP) is 4.53. The summed E-state index contributed by atoms with van der Waals surface area (Å²) in [5.41, 5.74) is 4.62. The second-order valence-corrected chi connectivity index (χ2v) is 6.19. The van der Waals surface area contributed by atoms with Gasteiger partial charge in [0.2, 0.25) is 5.75 Å². The van der Waals surface area contributed by atoms with Crippen LogP contribution in [0.3, 0.4) is 0 Å². The lowest BCUT2D eigenvalue weighted by molar-refractivity contribution is 0.324. The second-order valence-electron chi connectivity index (χ2n) is 6.19. The largest absolute Gasteiger partial charge is 0.493 e. The summed E-state index contributed by atoms with van der Waals surface area (Å²) in [4.78, 5) is 0. The molecule has 2 heterocycles. The van der Waals surface area contributed by atoms with Crippen LogP contribution in [0.2, 0.25) is 0 Å². The first kappa shape index (κ1) is 17.0. The van der Waals surface area contributed by atoms with E-state index in [1.807, 2.05) is 31.4 Å². The van der Waals surface area contributed by atoms with Crippen molar-refractivity contribution in [3.05, 3.63) is 48.9 Å². The maximum Gasteiger partial charge on any atom is 0.203 e. The summed E-state index contributed by atoms with van der Waals surface area (Å²) in [5.74, 6) is 1.71. The minimum Gasteiger partial charge on any atom is -0.493 e. The molecule has 0 bridgehead atoms. The van der Waals surface area contributed by atoms with Crippen molar-refractivity contribution in [2.75, 3.05) is 21.3 Å². The standard InChI is InChI=1S/C21H20N2O4/c1-23-8-7-13-9-14(5-6-17(13)23)20-16(12-27-22-20)15-10-18(24-2)21(26-4)19(11-15)25-3/h5-12H,1-4H3. The summed E-state index contributed by atoms with van der Waals surface area (Å²) in [6.07, 6.45) is 3.67. The Morgan fingerprint density at radius 2 is 1.63 bits per heavy atom. The lowest BCUT2D eigenvalue weighted by Gasteiger charge is -2.14. The molecule has 138 valence electrons. The van der Waals surface area contributed by atoms with Crippen molar-refractivity contribution >= 4 is 10.9 Å². The normalized spacial score (nSPS) is 11.0. The molecular formula is C21H20N2O4. The highest BCUT2D eigenvalue weighted by Crippen LogP contribution is 2.43. The van der Waals surface area contributed by atoms with E-state index in [9.17, 15) is 0 Å². The zero-order valence-corrected chi connectivity index (χ0v) is 15.6. The van der Waals surface area contributed by atoms with Gasteiger partial charge in [-0.3, -0.25) is 0 Å². The molecule has 6 nitrogen and oxygen atoms in total. The summed E-state index contributed by atoms with van der Waals surface area (Å²) >= 11 is 0. The number of ether oxygens (including phenoxy) is 3. The van der Waals surface area contributed by atoms with E-state index in [2.05, 4.69) is 27.9 Å². The van der Waals surface area contributed by atoms with Gasteiger partial charge in [-0.05, 0) is 35.9 Å². The van der Waals surface area contributed by atoms with Crippen LogP contribution in [0, 0.1) is 0 Å². The van der Waals surface area contributed by atoms with Crippen LogP contribution in [0.25, 0.3) is 33.3 Å². The summed E-state index contributed by atoms with van der Waals surface area (Å²) < 4.78 is 23.7. The number of aryl methyl sites for hydroxylation is 1. The maximum absolute atomic E-state index is 5.46. The van der Waals surface area contributed by atoms with E-state index in [1.54, 1.807) is 27.6 Å². The molecule has 2 aromatic heterocycles. The van der Waals surface area contributed by atoms with E-state index in [-0.39, 0.29) is 0 Å². The average molecular weight is 364 g/mol. The molecule has 0 saturated carbocycles. The molecule has 4 aromatic rings. The number of methoxy groups -OCH3 is 3. The molecule has 27 heavy (non-hydrogen) atoms. The highest BCUT2D eigenvalue weighted by molar-refractivity contribution is 5.89. The lowest BCUT2D eigenvalue weighted by atomic mass is 10.00. The van der Waals surface area contributed by atoms with Crippen LogP contribution in [0.4, 0.5) is 0 Å². The zero-order valence-electron chi connectivity index (χ0n) is 15.6. The molecule has 0 saturated heterocycles. The Morgan fingerprint density at radius 3 is 2.30 bits per heavy atom. The molecule has 0 radical (unpaired) electrons. The van der Waals surface area contributed by atoms with Gasteiger partial charge < -0.3 is 23.3 Å². The van der Waals surface area contributed by atoms with Crippen LogP contribution < -0.4 is 14.2 Å². The van der Waals surface area contributed by atoms with E-state index in [0.29, 0.717) is 17.2 Å². The van der Waals surface area contributed by atoms with Gasteiger partial charge in [-0.2, -0.15) is 0 Å². The van der Waals surface area contributed by atoms with Crippen molar-refractivity contribution in [1.82, 2.24) is 9.72 Å². The average Bonchev–Trinajstić information content (AvgIpc) is 3.33. The Balaban J connectivity index is 1.86. The van der Waals surface area contributed by atoms with Gasteiger partial charge >= 0.3 is 0 Å². The summed E-state index contributed by atoms with van der Waals surface area (Å²) in [7, 11) is 6.80. The Kier molecular flexibility index (Phi) is 4.24. The smallest absolute Gasteiger partial charge is 0.203 e. The molecule has 0 N–H and O–H groups in total. The third-order valence-electron chi connectivity index (χ3n) is 4.70. The summed E-state index contributed by atoms with van der Waals surface area (Å²) in [5, 5.41) is 5.38. The Bertz CT molecular complexity index is 1090. The molecule has 2 aromatic carbocycles. The van der Waals surface area contributed by atoms with Crippen LogP contribution in [-0.4, -0.2) is 31.1 Å². The fourth-order valence-corrected chi connectivity index (χ4v) is 3.32. The third kappa shape index (κ3) is 2.79. The van der Waals surface area contributed by atoms with E-state index in [4.69, 9.17) is 18.7 Å². The van der Waals surface area contributed by atoms with E-state index in [0.717, 1.165) is 33.3 Å². The van der Waals surface area contributed by atoms with Gasteiger partial charge in [0.05, 0.1) is 21.3 Å². The Labute approximate surface area is 156 Å². The predicted molar refractivity (Wildman–Crippen MR) is 104 cm³/mol. The first-order chi connectivity index (χ1) is 13.2. The second kappa shape index (κ2) is 6.72. The van der Waals surface area contributed by atoms with Crippen molar-refractivity contribution in [2.24, 2.45) is 7.05 Å². The Morgan fingerprint density at radius 1 is 0.889 bits per heavy atom. The van der Waals surface area contributed by atoms with Crippen LogP contribution in [0.1, 0.15) is 0 Å². The van der Waals surface area contributed by atoms with Crippen molar-refractivity contribution in [2.45, 2.75) is 0 Å². The van der Waals surface area contributed by atoms with Crippen LogP contribution in [0.5, 0.6) is 17.2 Å². The van der Waals surface area contributed by atoms with Crippen molar-refractivity contribution in [3.63, 3.8) is 0 Å². The van der Waals surface area contributed by atoms with Gasteiger partial charge in [0.15, 0.2) is 11.5 Å². The molecule has 0 unspecified atom stereocenters. The Hall–Kier alpha value is -3.41. The monoisotopic (exact) mass is 364 g/mol. The SMILES string of the molecule is COc1cc(-c2conc2-c2ccc3c(ccn3C)c2)cc(OC)c1OC. The van der Waals surface area contributed by atoms with Gasteiger partial charge in [-0.15, -0.1) is 0 Å². The van der Waals surface area contributed by atoms with Crippen molar-refractivity contribution in [1.29, 1.82) is 0 Å². The van der Waals surface area contributed by atoms with E-state index in [1.165, 1.54) is 0 Å². The van der Waals surface area contributed by atoms with Crippen molar-refractivity contribution < 1.29 is 18.7 Å². The summed E-state index contributed by atoms with van der Waals surface area (Å²) in [6.45, 7) is 0. The molecule has 0 amide bonds. The zero-order chi connectivity index (χ0) is 19.0. The first-order valence-corrected chi connectivity index (χ1v) is 8.46. The van der Waals surface area contributed by atoms with Crippen LogP contribution in [0.15, 0.2) is 53.4 Å². The molecule has 0 spiro atoms. The number of hydrogen-bond donors (Lipinski definition) is 0. The molecule has 6 heteroatoms. The number of fused-ring (bicyclic) bond motifs is 1. The topological polar surface area (TPSA) is 58.7 Å². The lowest BCUT2D eigenvalue weighted by Crippen LogP contribution is -1.96. The summed E-state index contributed by atoms with van der Waals surface area (Å²) in [6, 6.07) is 12.1. The van der Waals surface area contributed by atoms with E-state index < -0.39 is 0 Å². The minimum absolute atomic E-state index is 0.549. The maximum atomic E-state index is 5.46. The fraction of sp³-hybridized carbons (Fsp3) is 0.190. The molecule has 0 aliphatic rings. The van der Waals surface area contributed by atoms with Crippen molar-refractivity contribution in [3.8, 4) is 39.6 Å². The highest BCUT2D eigenvalue weighted by atomic mass is 16.5. The molecule has 0 atom stereocenters. The number of nitrogens with zero attached hydrogens (tertiary/aromatic N) is 2. The van der Waals surface area contributed by atoms with Gasteiger partial charge in [-0.1, -0.05) is 11.2 Å². The van der Waals surface area contributed by atoms with Gasteiger partial charge in [-0.25, -0.2) is 0 Å². The first-order valence-electron chi connectivity index (χ1n) is 8.46. The number of rotatable bonds is 5. The molecule has 0 aliphatic heterocycles. The number of hydrogen-bond acceptors (Lipinski definition) is 5. The van der Waals surface area contributed by atoms with Crippen LogP contribution in [-0.2, 0) is 7.05 Å². The number of aromatic nitrogens is 2. The molecular weight excluding hydrogens is 344 g/mol. The third-order valence-corrected chi connectivity index (χ3v) is 4.70. The quantitative estimate of drug-likeness (QED) is 0.521.